The minimum absolute atomic E-state index is 0.0135. The average molecular weight is 372 g/mol. The summed E-state index contributed by atoms with van der Waals surface area (Å²) in [5.74, 6) is 0.348. The zero-order valence-corrected chi connectivity index (χ0v) is 16.1. The van der Waals surface area contributed by atoms with E-state index in [1.54, 1.807) is 19.1 Å². The predicted molar refractivity (Wildman–Crippen MR) is 104 cm³/mol. The largest absolute Gasteiger partial charge is 0.506 e. The monoisotopic (exact) mass is 372 g/mol. The van der Waals surface area contributed by atoms with E-state index in [1.165, 1.54) is 18.9 Å². The Labute approximate surface area is 159 Å². The molecule has 1 aromatic heterocycles. The van der Waals surface area contributed by atoms with Crippen LogP contribution in [0.15, 0.2) is 18.2 Å². The molecule has 1 saturated heterocycles. The van der Waals surface area contributed by atoms with E-state index in [0.29, 0.717) is 22.9 Å². The van der Waals surface area contributed by atoms with Crippen LogP contribution in [0.1, 0.15) is 60.4 Å². The van der Waals surface area contributed by atoms with Gasteiger partial charge in [-0.1, -0.05) is 6.92 Å². The summed E-state index contributed by atoms with van der Waals surface area (Å²) in [7, 11) is 0. The smallest absolute Gasteiger partial charge is 0.354 e. The number of aromatic amines is 1. The zero-order valence-electron chi connectivity index (χ0n) is 16.1. The van der Waals surface area contributed by atoms with Crippen molar-refractivity contribution in [3.8, 4) is 5.75 Å². The van der Waals surface area contributed by atoms with Crippen molar-refractivity contribution in [3.05, 3.63) is 29.5 Å². The highest BCUT2D eigenvalue weighted by Crippen LogP contribution is 2.29. The van der Waals surface area contributed by atoms with Crippen LogP contribution >= 0.6 is 0 Å². The van der Waals surface area contributed by atoms with Crippen molar-refractivity contribution in [2.45, 2.75) is 39.5 Å². The van der Waals surface area contributed by atoms with Crippen LogP contribution in [0.3, 0.4) is 0 Å². The van der Waals surface area contributed by atoms with E-state index < -0.39 is 5.97 Å². The third kappa shape index (κ3) is 4.50. The first-order valence-electron chi connectivity index (χ1n) is 9.77. The van der Waals surface area contributed by atoms with Gasteiger partial charge in [0.25, 0.3) is 0 Å². The second-order valence-corrected chi connectivity index (χ2v) is 7.38. The van der Waals surface area contributed by atoms with Crippen molar-refractivity contribution in [2.24, 2.45) is 5.92 Å². The van der Waals surface area contributed by atoms with E-state index in [1.807, 2.05) is 0 Å². The topological polar surface area (TPSA) is 82.6 Å². The molecule has 0 aliphatic carbocycles. The van der Waals surface area contributed by atoms with E-state index in [4.69, 9.17) is 4.74 Å². The molecule has 2 N–H and O–H groups in total. The molecule has 1 aliphatic rings. The van der Waals surface area contributed by atoms with E-state index in [2.05, 4.69) is 16.8 Å². The van der Waals surface area contributed by atoms with Crippen molar-refractivity contribution in [1.29, 1.82) is 0 Å². The van der Waals surface area contributed by atoms with Gasteiger partial charge in [-0.25, -0.2) is 4.79 Å². The second kappa shape index (κ2) is 8.57. The van der Waals surface area contributed by atoms with Crippen LogP contribution in [0.25, 0.3) is 10.9 Å². The highest BCUT2D eigenvalue weighted by atomic mass is 16.5. The average Bonchev–Trinajstić information content (AvgIpc) is 3.10. The molecule has 146 valence electrons. The van der Waals surface area contributed by atoms with Crippen molar-refractivity contribution in [2.75, 3.05) is 26.2 Å². The lowest BCUT2D eigenvalue weighted by atomic mass is 9.98. The molecule has 6 heteroatoms. The summed E-state index contributed by atoms with van der Waals surface area (Å²) in [6, 6.07) is 4.71. The maximum absolute atomic E-state index is 12.7. The van der Waals surface area contributed by atoms with Crippen molar-refractivity contribution >= 4 is 22.7 Å². The number of nitrogens with zero attached hydrogens (tertiary/aromatic N) is 1. The van der Waals surface area contributed by atoms with Crippen LogP contribution in [-0.4, -0.2) is 53.0 Å². The maximum Gasteiger partial charge on any atom is 0.354 e. The molecule has 0 amide bonds. The molecule has 2 heterocycles. The number of fused-ring (bicyclic) bond motifs is 1. The van der Waals surface area contributed by atoms with Crippen molar-refractivity contribution in [3.63, 3.8) is 0 Å². The fraction of sp³-hybridized carbons (Fsp3) is 0.524. The molecule has 1 aromatic carbocycles. The van der Waals surface area contributed by atoms with Crippen LogP contribution in [0.2, 0.25) is 0 Å². The summed E-state index contributed by atoms with van der Waals surface area (Å²) >= 11 is 0. The van der Waals surface area contributed by atoms with Gasteiger partial charge in [-0.15, -0.1) is 0 Å². The standard InChI is InChI=1S/C21H28N2O4/c1-3-27-21(26)17-13-16-15(6-7-19(25)20(16)22-17)18(24)5-4-10-23-11-8-14(2)9-12-23/h6-7,13-14,22,25H,3-5,8-12H2,1-2H3. The number of piperidine rings is 1. The van der Waals surface area contributed by atoms with Crippen LogP contribution in [0, 0.1) is 5.92 Å². The number of ether oxygens (including phenoxy) is 1. The summed E-state index contributed by atoms with van der Waals surface area (Å²) in [4.78, 5) is 30.0. The number of phenols is 1. The quantitative estimate of drug-likeness (QED) is 0.571. The zero-order chi connectivity index (χ0) is 19.4. The van der Waals surface area contributed by atoms with Gasteiger partial charge < -0.3 is 19.7 Å². The molecule has 6 nitrogen and oxygen atoms in total. The lowest BCUT2D eigenvalue weighted by Gasteiger charge is -2.30. The molecule has 0 unspecified atom stereocenters. The Morgan fingerprint density at radius 2 is 2.04 bits per heavy atom. The van der Waals surface area contributed by atoms with Crippen LogP contribution < -0.4 is 0 Å². The Morgan fingerprint density at radius 3 is 2.74 bits per heavy atom. The summed E-state index contributed by atoms with van der Waals surface area (Å²) in [5, 5.41) is 10.6. The van der Waals surface area contributed by atoms with Crippen LogP contribution in [0.4, 0.5) is 0 Å². The van der Waals surface area contributed by atoms with Gasteiger partial charge in [0.15, 0.2) is 5.78 Å². The normalized spacial score (nSPS) is 15.9. The number of likely N-dealkylation sites (tertiary alicyclic amines) is 1. The predicted octanol–water partition coefficient (Wildman–Crippen LogP) is 3.75. The number of aromatic hydroxyl groups is 1. The van der Waals surface area contributed by atoms with Gasteiger partial charge in [0.2, 0.25) is 0 Å². The number of phenolic OH excluding ortho intramolecular Hbond substituents is 1. The Hall–Kier alpha value is -2.34. The number of esters is 1. The molecular weight excluding hydrogens is 344 g/mol. The Balaban J connectivity index is 1.68. The van der Waals surface area contributed by atoms with Gasteiger partial charge >= 0.3 is 5.97 Å². The molecule has 0 saturated carbocycles. The number of hydrogen-bond donors (Lipinski definition) is 2. The van der Waals surface area contributed by atoms with Gasteiger partial charge in [-0.3, -0.25) is 4.79 Å². The van der Waals surface area contributed by atoms with E-state index >= 15 is 0 Å². The summed E-state index contributed by atoms with van der Waals surface area (Å²) in [6.07, 6.45) is 3.72. The van der Waals surface area contributed by atoms with Gasteiger partial charge in [-0.2, -0.15) is 0 Å². The molecule has 2 aromatic rings. The first kappa shape index (κ1) is 19.4. The fourth-order valence-electron chi connectivity index (χ4n) is 3.65. The Morgan fingerprint density at radius 1 is 1.30 bits per heavy atom. The lowest BCUT2D eigenvalue weighted by Crippen LogP contribution is -2.33. The number of aromatic nitrogens is 1. The highest BCUT2D eigenvalue weighted by Gasteiger charge is 2.19. The summed E-state index contributed by atoms with van der Waals surface area (Å²) in [5.41, 5.74) is 1.17. The van der Waals surface area contributed by atoms with Crippen molar-refractivity contribution in [1.82, 2.24) is 9.88 Å². The van der Waals surface area contributed by atoms with Gasteiger partial charge in [0, 0.05) is 17.4 Å². The number of nitrogens with one attached hydrogen (secondary N) is 1. The molecular formula is C21H28N2O4. The van der Waals surface area contributed by atoms with Crippen LogP contribution in [-0.2, 0) is 4.74 Å². The first-order chi connectivity index (χ1) is 13.0. The molecule has 3 rings (SSSR count). The number of carbonyl (C=O) groups is 2. The molecule has 0 bridgehead atoms. The van der Waals surface area contributed by atoms with E-state index in [-0.39, 0.29) is 23.8 Å². The van der Waals surface area contributed by atoms with Crippen LogP contribution in [0.5, 0.6) is 5.75 Å². The first-order valence-corrected chi connectivity index (χ1v) is 9.77. The fourth-order valence-corrected chi connectivity index (χ4v) is 3.65. The number of carbonyl (C=O) groups excluding carboxylic acids is 2. The molecule has 0 radical (unpaired) electrons. The summed E-state index contributed by atoms with van der Waals surface area (Å²) < 4.78 is 5.00. The molecule has 1 aliphatic heterocycles. The second-order valence-electron chi connectivity index (χ2n) is 7.38. The molecule has 0 atom stereocenters. The minimum atomic E-state index is -0.495. The maximum atomic E-state index is 12.7. The third-order valence-electron chi connectivity index (χ3n) is 5.32. The summed E-state index contributed by atoms with van der Waals surface area (Å²) in [6.45, 7) is 7.44. The van der Waals surface area contributed by atoms with E-state index in [0.717, 1.165) is 32.0 Å². The van der Waals surface area contributed by atoms with Gasteiger partial charge in [-0.05, 0) is 69.9 Å². The third-order valence-corrected chi connectivity index (χ3v) is 5.32. The van der Waals surface area contributed by atoms with Gasteiger partial charge in [0.1, 0.15) is 11.4 Å². The number of Topliss-reactive ketones (excluding diaryl/α,β-unsaturated/α-hetero) is 1. The number of hydrogen-bond acceptors (Lipinski definition) is 5. The molecule has 1 fully saturated rings. The number of H-pyrrole nitrogens is 1. The number of ketones is 1. The van der Waals surface area contributed by atoms with Gasteiger partial charge in [0.05, 0.1) is 12.1 Å². The molecule has 27 heavy (non-hydrogen) atoms. The number of rotatable bonds is 7. The highest BCUT2D eigenvalue weighted by molar-refractivity contribution is 6.10. The Bertz CT molecular complexity index is 819. The SMILES string of the molecule is CCOC(=O)c1cc2c(C(=O)CCCN3CCC(C)CC3)ccc(O)c2[nH]1. The minimum Gasteiger partial charge on any atom is -0.506 e. The lowest BCUT2D eigenvalue weighted by molar-refractivity contribution is 0.0520. The number of benzene rings is 1. The van der Waals surface area contributed by atoms with Crippen molar-refractivity contribution < 1.29 is 19.4 Å². The van der Waals surface area contributed by atoms with E-state index in [9.17, 15) is 14.7 Å². The Kier molecular flexibility index (Phi) is 6.16. The molecule has 0 spiro atoms.